The van der Waals surface area contributed by atoms with Crippen molar-refractivity contribution in [3.8, 4) is 0 Å². The average Bonchev–Trinajstić information content (AvgIpc) is 2.91. The number of carbonyl (C=O) groups is 2. The standard InChI is InChI=1S/C10H17N3O3S/c1-11-9(14)8-4-16-3-2-13(8)10(15)7-5-17-6-12-7/h7-8,12H,2-6H2,1H3,(H,11,14). The summed E-state index contributed by atoms with van der Waals surface area (Å²) in [5.74, 6) is 1.41. The molecule has 2 aliphatic heterocycles. The fraction of sp³-hybridized carbons (Fsp3) is 0.800. The zero-order valence-corrected chi connectivity index (χ0v) is 10.6. The van der Waals surface area contributed by atoms with Crippen molar-refractivity contribution < 1.29 is 14.3 Å². The van der Waals surface area contributed by atoms with Crippen molar-refractivity contribution >= 4 is 23.6 Å². The molecule has 0 bridgehead atoms. The van der Waals surface area contributed by atoms with Crippen LogP contribution in [0, 0.1) is 0 Å². The number of nitrogens with zero attached hydrogens (tertiary/aromatic N) is 1. The molecular weight excluding hydrogens is 242 g/mol. The lowest BCUT2D eigenvalue weighted by atomic mass is 10.1. The fourth-order valence-electron chi connectivity index (χ4n) is 2.01. The van der Waals surface area contributed by atoms with Gasteiger partial charge in [-0.3, -0.25) is 14.9 Å². The van der Waals surface area contributed by atoms with Crippen LogP contribution >= 0.6 is 11.8 Å². The number of thioether (sulfide) groups is 1. The summed E-state index contributed by atoms with van der Waals surface area (Å²) in [7, 11) is 1.57. The van der Waals surface area contributed by atoms with Gasteiger partial charge in [0.05, 0.1) is 19.3 Å². The summed E-state index contributed by atoms with van der Waals surface area (Å²) in [6.45, 7) is 1.27. The van der Waals surface area contributed by atoms with Gasteiger partial charge in [0.25, 0.3) is 0 Å². The maximum absolute atomic E-state index is 12.2. The van der Waals surface area contributed by atoms with Gasteiger partial charge in [0.2, 0.25) is 11.8 Å². The second-order valence-electron chi connectivity index (χ2n) is 4.01. The highest BCUT2D eigenvalue weighted by atomic mass is 32.2. The van der Waals surface area contributed by atoms with E-state index in [1.54, 1.807) is 23.7 Å². The molecule has 0 aromatic rings. The highest BCUT2D eigenvalue weighted by Gasteiger charge is 2.36. The molecule has 0 aliphatic carbocycles. The maximum Gasteiger partial charge on any atom is 0.244 e. The van der Waals surface area contributed by atoms with Crippen molar-refractivity contribution in [2.75, 3.05) is 38.4 Å². The molecule has 7 heteroatoms. The van der Waals surface area contributed by atoms with Crippen molar-refractivity contribution in [2.24, 2.45) is 0 Å². The molecule has 2 unspecified atom stereocenters. The average molecular weight is 259 g/mol. The highest BCUT2D eigenvalue weighted by Crippen LogP contribution is 2.15. The van der Waals surface area contributed by atoms with E-state index in [-0.39, 0.29) is 24.5 Å². The summed E-state index contributed by atoms with van der Waals surface area (Å²) in [5.41, 5.74) is 0. The molecule has 0 aromatic heterocycles. The number of morpholine rings is 1. The Labute approximate surface area is 104 Å². The first kappa shape index (κ1) is 12.7. The van der Waals surface area contributed by atoms with Crippen LogP contribution in [0.15, 0.2) is 0 Å². The van der Waals surface area contributed by atoms with Gasteiger partial charge in [0.15, 0.2) is 0 Å². The SMILES string of the molecule is CNC(=O)C1COCCN1C(=O)C1CSCN1. The van der Waals surface area contributed by atoms with Crippen LogP contribution in [0.3, 0.4) is 0 Å². The summed E-state index contributed by atoms with van der Waals surface area (Å²) in [6, 6.07) is -0.654. The largest absolute Gasteiger partial charge is 0.377 e. The monoisotopic (exact) mass is 259 g/mol. The fourth-order valence-corrected chi connectivity index (χ4v) is 2.94. The molecule has 96 valence electrons. The van der Waals surface area contributed by atoms with Crippen LogP contribution in [0.4, 0.5) is 0 Å². The molecule has 2 heterocycles. The molecule has 0 saturated carbocycles. The molecule has 2 amide bonds. The molecule has 0 spiro atoms. The minimum absolute atomic E-state index is 0.00639. The topological polar surface area (TPSA) is 70.7 Å². The van der Waals surface area contributed by atoms with Crippen molar-refractivity contribution in [3.05, 3.63) is 0 Å². The number of carbonyl (C=O) groups excluding carboxylic acids is 2. The van der Waals surface area contributed by atoms with Crippen LogP contribution in [0.25, 0.3) is 0 Å². The van der Waals surface area contributed by atoms with E-state index >= 15 is 0 Å². The molecular formula is C10H17N3O3S. The van der Waals surface area contributed by atoms with E-state index in [4.69, 9.17) is 4.74 Å². The number of ether oxygens (including phenoxy) is 1. The van der Waals surface area contributed by atoms with E-state index in [2.05, 4.69) is 10.6 Å². The third-order valence-corrected chi connectivity index (χ3v) is 3.91. The Bertz CT molecular complexity index is 307. The summed E-state index contributed by atoms with van der Waals surface area (Å²) < 4.78 is 5.27. The number of amides is 2. The third-order valence-electron chi connectivity index (χ3n) is 2.98. The smallest absolute Gasteiger partial charge is 0.244 e. The maximum atomic E-state index is 12.2. The van der Waals surface area contributed by atoms with Gasteiger partial charge in [0.1, 0.15) is 6.04 Å². The molecule has 0 radical (unpaired) electrons. The minimum Gasteiger partial charge on any atom is -0.377 e. The Balaban J connectivity index is 2.04. The molecule has 6 nitrogen and oxygen atoms in total. The Morgan fingerprint density at radius 3 is 3.00 bits per heavy atom. The van der Waals surface area contributed by atoms with Crippen LogP contribution in [-0.2, 0) is 14.3 Å². The Hall–Kier alpha value is -0.790. The lowest BCUT2D eigenvalue weighted by Gasteiger charge is -2.35. The first-order valence-electron chi connectivity index (χ1n) is 5.65. The summed E-state index contributed by atoms with van der Waals surface area (Å²) in [4.78, 5) is 25.6. The van der Waals surface area contributed by atoms with Gasteiger partial charge >= 0.3 is 0 Å². The molecule has 2 atom stereocenters. The van der Waals surface area contributed by atoms with E-state index in [9.17, 15) is 9.59 Å². The lowest BCUT2D eigenvalue weighted by molar-refractivity contribution is -0.149. The zero-order valence-electron chi connectivity index (χ0n) is 9.77. The van der Waals surface area contributed by atoms with Crippen LogP contribution in [0.2, 0.25) is 0 Å². The molecule has 2 N–H and O–H groups in total. The number of likely N-dealkylation sites (N-methyl/N-ethyl adjacent to an activating group) is 1. The third kappa shape index (κ3) is 2.72. The van der Waals surface area contributed by atoms with Crippen LogP contribution in [-0.4, -0.2) is 67.2 Å². The summed E-state index contributed by atoms with van der Waals surface area (Å²) in [6.07, 6.45) is 0. The number of hydrogen-bond acceptors (Lipinski definition) is 5. The molecule has 2 rings (SSSR count). The zero-order chi connectivity index (χ0) is 12.3. The quantitative estimate of drug-likeness (QED) is 0.640. The van der Waals surface area contributed by atoms with Gasteiger partial charge in [-0.2, -0.15) is 0 Å². The van der Waals surface area contributed by atoms with Crippen molar-refractivity contribution in [1.29, 1.82) is 0 Å². The van der Waals surface area contributed by atoms with Gasteiger partial charge in [0, 0.05) is 25.2 Å². The number of rotatable bonds is 2. The number of nitrogens with one attached hydrogen (secondary N) is 2. The van der Waals surface area contributed by atoms with E-state index in [0.717, 1.165) is 11.6 Å². The Morgan fingerprint density at radius 1 is 1.53 bits per heavy atom. The van der Waals surface area contributed by atoms with Gasteiger partial charge in [-0.1, -0.05) is 0 Å². The van der Waals surface area contributed by atoms with E-state index in [1.165, 1.54) is 0 Å². The minimum atomic E-state index is -0.492. The van der Waals surface area contributed by atoms with Gasteiger partial charge in [-0.05, 0) is 0 Å². The summed E-state index contributed by atoms with van der Waals surface area (Å²) >= 11 is 1.70. The number of hydrogen-bond donors (Lipinski definition) is 2. The van der Waals surface area contributed by atoms with Crippen LogP contribution in [0.5, 0.6) is 0 Å². The second-order valence-corrected chi connectivity index (χ2v) is 5.04. The van der Waals surface area contributed by atoms with E-state index < -0.39 is 6.04 Å². The summed E-state index contributed by atoms with van der Waals surface area (Å²) in [5, 5.41) is 5.70. The van der Waals surface area contributed by atoms with Crippen molar-refractivity contribution in [1.82, 2.24) is 15.5 Å². The Kier molecular flexibility index (Phi) is 4.25. The Morgan fingerprint density at radius 2 is 2.35 bits per heavy atom. The van der Waals surface area contributed by atoms with Crippen molar-refractivity contribution in [2.45, 2.75) is 12.1 Å². The van der Waals surface area contributed by atoms with Crippen LogP contribution in [0.1, 0.15) is 0 Å². The van der Waals surface area contributed by atoms with E-state index in [1.807, 2.05) is 0 Å². The van der Waals surface area contributed by atoms with E-state index in [0.29, 0.717) is 13.2 Å². The second kappa shape index (κ2) is 5.70. The predicted octanol–water partition coefficient (Wildman–Crippen LogP) is -1.38. The lowest BCUT2D eigenvalue weighted by Crippen LogP contribution is -2.59. The molecule has 0 aromatic carbocycles. The highest BCUT2D eigenvalue weighted by molar-refractivity contribution is 7.99. The normalized spacial score (nSPS) is 29.1. The molecule has 2 saturated heterocycles. The molecule has 17 heavy (non-hydrogen) atoms. The van der Waals surface area contributed by atoms with Crippen LogP contribution < -0.4 is 10.6 Å². The van der Waals surface area contributed by atoms with Gasteiger partial charge in [-0.25, -0.2) is 0 Å². The predicted molar refractivity (Wildman–Crippen MR) is 64.6 cm³/mol. The molecule has 2 aliphatic rings. The van der Waals surface area contributed by atoms with Crippen molar-refractivity contribution in [3.63, 3.8) is 0 Å². The van der Waals surface area contributed by atoms with Gasteiger partial charge in [-0.15, -0.1) is 11.8 Å². The molecule has 2 fully saturated rings. The van der Waals surface area contributed by atoms with Gasteiger partial charge < -0.3 is 15.0 Å². The first-order valence-corrected chi connectivity index (χ1v) is 6.80. The first-order chi connectivity index (χ1) is 8.24.